The zero-order valence-electron chi connectivity index (χ0n) is 20.0. The molecule has 0 aliphatic carbocycles. The fourth-order valence-corrected chi connectivity index (χ4v) is 6.36. The third kappa shape index (κ3) is 3.68. The van der Waals surface area contributed by atoms with Gasteiger partial charge in [-0.25, -0.2) is 8.42 Å². The number of fused-ring (bicyclic) bond motifs is 1. The lowest BCUT2D eigenvalue weighted by atomic mass is 10.0. The number of aryl methyl sites for hydroxylation is 2. The number of benzene rings is 3. The van der Waals surface area contributed by atoms with E-state index in [1.807, 2.05) is 35.8 Å². The Hall–Kier alpha value is -3.98. The smallest absolute Gasteiger partial charge is 0.270 e. The second kappa shape index (κ2) is 8.35. The fourth-order valence-electron chi connectivity index (χ4n) is 4.65. The molecule has 4 aromatic rings. The molecule has 0 saturated heterocycles. The van der Waals surface area contributed by atoms with Gasteiger partial charge in [0.1, 0.15) is 0 Å². The van der Waals surface area contributed by atoms with Gasteiger partial charge in [0, 0.05) is 34.5 Å². The van der Waals surface area contributed by atoms with E-state index in [4.69, 9.17) is 5.73 Å². The molecule has 180 valence electrons. The van der Waals surface area contributed by atoms with Crippen LogP contribution in [-0.4, -0.2) is 23.7 Å². The molecule has 0 fully saturated rings. The van der Waals surface area contributed by atoms with Gasteiger partial charge in [-0.2, -0.15) is 0 Å². The first-order valence-electron chi connectivity index (χ1n) is 10.9. The van der Waals surface area contributed by atoms with E-state index in [1.165, 1.54) is 25.1 Å². The average molecular weight is 492 g/mol. The zero-order valence-corrected chi connectivity index (χ0v) is 20.9. The monoisotopic (exact) mass is 491 g/mol. The van der Waals surface area contributed by atoms with Crippen LogP contribution in [0.5, 0.6) is 0 Å². The first-order chi connectivity index (χ1) is 16.4. The topological polar surface area (TPSA) is 125 Å². The third-order valence-corrected chi connectivity index (χ3v) is 8.37. The summed E-state index contributed by atoms with van der Waals surface area (Å²) < 4.78 is 29.4. The van der Waals surface area contributed by atoms with Gasteiger partial charge in [0.15, 0.2) is 5.78 Å². The summed E-state index contributed by atoms with van der Waals surface area (Å²) in [6.45, 7) is 8.65. The number of nitrogen functional groups attached to an aromatic ring is 1. The second-order valence-electron chi connectivity index (χ2n) is 8.66. The number of nitro groups is 1. The number of anilines is 1. The summed E-state index contributed by atoms with van der Waals surface area (Å²) >= 11 is 0. The van der Waals surface area contributed by atoms with Crippen LogP contribution >= 0.6 is 0 Å². The van der Waals surface area contributed by atoms with Gasteiger partial charge in [0.25, 0.3) is 5.69 Å². The van der Waals surface area contributed by atoms with E-state index in [0.29, 0.717) is 33.3 Å². The number of ketones is 1. The van der Waals surface area contributed by atoms with Crippen molar-refractivity contribution >= 4 is 37.9 Å². The molecule has 0 radical (unpaired) electrons. The Kier molecular flexibility index (Phi) is 5.76. The number of Topliss-reactive ketones (excluding diaryl/α,β-unsaturated/α-hetero) is 1. The first-order valence-corrected chi connectivity index (χ1v) is 12.4. The summed E-state index contributed by atoms with van der Waals surface area (Å²) in [4.78, 5) is 23.0. The quantitative estimate of drug-likeness (QED) is 0.173. The Bertz CT molecular complexity index is 1650. The maximum absolute atomic E-state index is 13.7. The van der Waals surface area contributed by atoms with Crippen LogP contribution in [0, 0.1) is 37.8 Å². The number of carbonyl (C=O) groups excluding carboxylic acids is 1. The van der Waals surface area contributed by atoms with E-state index in [0.717, 1.165) is 17.3 Å². The Morgan fingerprint density at radius 1 is 1.00 bits per heavy atom. The lowest BCUT2D eigenvalue weighted by Crippen LogP contribution is -2.11. The number of hydrogen-bond donors (Lipinski definition) is 1. The summed E-state index contributed by atoms with van der Waals surface area (Å²) in [5, 5.41) is 11.6. The number of non-ortho nitro benzene ring substituents is 1. The van der Waals surface area contributed by atoms with Crippen molar-refractivity contribution in [2.24, 2.45) is 0 Å². The van der Waals surface area contributed by atoms with Crippen molar-refractivity contribution in [1.29, 1.82) is 0 Å². The second-order valence-corrected chi connectivity index (χ2v) is 10.5. The number of hydrogen-bond acceptors (Lipinski definition) is 6. The van der Waals surface area contributed by atoms with Gasteiger partial charge < -0.3 is 10.3 Å². The predicted molar refractivity (Wildman–Crippen MR) is 135 cm³/mol. The third-order valence-electron chi connectivity index (χ3n) is 6.43. The van der Waals surface area contributed by atoms with Crippen molar-refractivity contribution in [3.8, 4) is 5.69 Å². The van der Waals surface area contributed by atoms with Gasteiger partial charge in [-0.15, -0.1) is 0 Å². The highest BCUT2D eigenvalue weighted by Crippen LogP contribution is 2.43. The molecule has 1 heterocycles. The van der Waals surface area contributed by atoms with Gasteiger partial charge in [0.05, 0.1) is 25.9 Å². The molecule has 2 N–H and O–H groups in total. The van der Waals surface area contributed by atoms with Crippen LogP contribution in [0.4, 0.5) is 11.4 Å². The lowest BCUT2D eigenvalue weighted by Gasteiger charge is -2.17. The maximum atomic E-state index is 13.7. The van der Waals surface area contributed by atoms with Crippen molar-refractivity contribution in [1.82, 2.24) is 4.57 Å². The molecule has 0 saturated carbocycles. The Morgan fingerprint density at radius 2 is 1.63 bits per heavy atom. The summed E-state index contributed by atoms with van der Waals surface area (Å²) in [5.41, 5.74) is 10.8. The molecule has 3 aromatic carbocycles. The van der Waals surface area contributed by atoms with E-state index in [1.54, 1.807) is 20.8 Å². The van der Waals surface area contributed by atoms with Crippen LogP contribution in [0.3, 0.4) is 0 Å². The molecule has 4 rings (SSSR count). The molecule has 0 aliphatic rings. The molecule has 0 unspecified atom stereocenters. The van der Waals surface area contributed by atoms with Crippen molar-refractivity contribution in [3.63, 3.8) is 0 Å². The number of nitrogens with two attached hydrogens (primary N) is 1. The number of carbonyl (C=O) groups is 1. The number of sulfone groups is 1. The SMILES string of the molecule is CC(=O)c1c(C)n(-c2ccc(C)cc2)c2c(C)c(C)c(S(=O)(=O)c3cccc([N+](=O)[O-])c3)c(N)c12. The average Bonchev–Trinajstić information content (AvgIpc) is 3.11. The molecular formula is C26H25N3O5S. The van der Waals surface area contributed by atoms with Gasteiger partial charge >= 0.3 is 0 Å². The Labute approximate surface area is 203 Å². The molecular weight excluding hydrogens is 466 g/mol. The molecule has 0 aliphatic heterocycles. The highest BCUT2D eigenvalue weighted by Gasteiger charge is 2.31. The minimum atomic E-state index is -4.24. The van der Waals surface area contributed by atoms with Gasteiger partial charge in [-0.05, 0) is 63.9 Å². The molecule has 0 spiro atoms. The van der Waals surface area contributed by atoms with Gasteiger partial charge in [-0.1, -0.05) is 23.8 Å². The standard InChI is InChI=1S/C26H25N3O5S/c1-14-9-11-19(12-10-14)28-17(4)22(18(5)30)23-24(27)26(16(3)15(2)25(23)28)35(33,34)21-8-6-7-20(13-21)29(31)32/h6-13H,27H2,1-5H3. The largest absolute Gasteiger partial charge is 0.397 e. The molecule has 0 bridgehead atoms. The van der Waals surface area contributed by atoms with Crippen LogP contribution in [-0.2, 0) is 9.84 Å². The zero-order chi connectivity index (χ0) is 25.8. The molecule has 1 aromatic heterocycles. The van der Waals surface area contributed by atoms with E-state index in [9.17, 15) is 23.3 Å². The normalized spacial score (nSPS) is 11.7. The van der Waals surface area contributed by atoms with E-state index in [-0.39, 0.29) is 26.9 Å². The summed E-state index contributed by atoms with van der Waals surface area (Å²) in [6, 6.07) is 12.7. The minimum Gasteiger partial charge on any atom is -0.397 e. The molecule has 8 nitrogen and oxygen atoms in total. The van der Waals surface area contributed by atoms with Crippen LogP contribution in [0.15, 0.2) is 58.3 Å². The van der Waals surface area contributed by atoms with Crippen molar-refractivity contribution < 1.29 is 18.1 Å². The predicted octanol–water partition coefficient (Wildman–Crippen LogP) is 5.39. The number of rotatable bonds is 5. The highest BCUT2D eigenvalue weighted by molar-refractivity contribution is 7.91. The number of nitro benzene ring substituents is 1. The van der Waals surface area contributed by atoms with Crippen molar-refractivity contribution in [3.05, 3.63) is 86.6 Å². The molecule has 0 amide bonds. The van der Waals surface area contributed by atoms with Crippen LogP contribution < -0.4 is 5.73 Å². The van der Waals surface area contributed by atoms with Gasteiger partial charge in [0.2, 0.25) is 9.84 Å². The fraction of sp³-hybridized carbons (Fsp3) is 0.192. The Balaban J connectivity index is 2.14. The first kappa shape index (κ1) is 24.2. The molecule has 9 heteroatoms. The summed E-state index contributed by atoms with van der Waals surface area (Å²) in [6.07, 6.45) is 0. The lowest BCUT2D eigenvalue weighted by molar-refractivity contribution is -0.385. The van der Waals surface area contributed by atoms with Crippen LogP contribution in [0.2, 0.25) is 0 Å². The van der Waals surface area contributed by atoms with Crippen LogP contribution in [0.1, 0.15) is 39.7 Å². The van der Waals surface area contributed by atoms with Crippen molar-refractivity contribution in [2.75, 3.05) is 5.73 Å². The van der Waals surface area contributed by atoms with Crippen molar-refractivity contribution in [2.45, 2.75) is 44.4 Å². The van der Waals surface area contributed by atoms with Crippen LogP contribution in [0.25, 0.3) is 16.6 Å². The Morgan fingerprint density at radius 3 is 2.20 bits per heavy atom. The number of aromatic nitrogens is 1. The van der Waals surface area contributed by atoms with Gasteiger partial charge in [-0.3, -0.25) is 14.9 Å². The minimum absolute atomic E-state index is 0.0474. The summed E-state index contributed by atoms with van der Waals surface area (Å²) in [7, 11) is -4.24. The highest BCUT2D eigenvalue weighted by atomic mass is 32.2. The molecule has 35 heavy (non-hydrogen) atoms. The number of nitrogens with zero attached hydrogens (tertiary/aromatic N) is 2. The van der Waals surface area contributed by atoms with E-state index < -0.39 is 14.8 Å². The molecule has 0 atom stereocenters. The van der Waals surface area contributed by atoms with E-state index in [2.05, 4.69) is 0 Å². The van der Waals surface area contributed by atoms with E-state index >= 15 is 0 Å². The maximum Gasteiger partial charge on any atom is 0.270 e. The summed E-state index contributed by atoms with van der Waals surface area (Å²) in [5.74, 6) is -0.244.